The summed E-state index contributed by atoms with van der Waals surface area (Å²) in [5, 5.41) is 1.87. The van der Waals surface area contributed by atoms with Gasteiger partial charge >= 0.3 is 5.97 Å². The number of anilines is 1. The molecule has 0 heterocycles. The van der Waals surface area contributed by atoms with E-state index in [-0.39, 0.29) is 5.97 Å². The summed E-state index contributed by atoms with van der Waals surface area (Å²) >= 11 is 0. The number of ether oxygens (including phenoxy) is 1. The van der Waals surface area contributed by atoms with E-state index in [0.29, 0.717) is 17.9 Å². The molecule has 2 aromatic carbocycles. The van der Waals surface area contributed by atoms with Crippen LogP contribution in [0, 0.1) is 0 Å². The monoisotopic (exact) mass is 215 g/mol. The Bertz CT molecular complexity index is 534. The zero-order chi connectivity index (χ0) is 11.5. The molecule has 3 nitrogen and oxygen atoms in total. The van der Waals surface area contributed by atoms with E-state index in [9.17, 15) is 4.79 Å². The van der Waals surface area contributed by atoms with Gasteiger partial charge in [-0.1, -0.05) is 19.1 Å². The maximum atomic E-state index is 11.2. The van der Waals surface area contributed by atoms with Crippen molar-refractivity contribution in [3.63, 3.8) is 0 Å². The van der Waals surface area contributed by atoms with Crippen LogP contribution in [0.15, 0.2) is 36.4 Å². The van der Waals surface area contributed by atoms with Crippen LogP contribution in [0.4, 0.5) is 5.69 Å². The molecule has 0 bridgehead atoms. The smallest absolute Gasteiger partial charge is 0.310 e. The molecule has 0 aromatic heterocycles. The van der Waals surface area contributed by atoms with Crippen molar-refractivity contribution in [3.8, 4) is 5.75 Å². The van der Waals surface area contributed by atoms with Gasteiger partial charge in [0, 0.05) is 17.5 Å². The molecule has 0 saturated heterocycles. The van der Waals surface area contributed by atoms with Crippen LogP contribution in [0.25, 0.3) is 10.8 Å². The molecule has 0 atom stereocenters. The number of nitrogens with two attached hydrogens (primary N) is 1. The lowest BCUT2D eigenvalue weighted by atomic mass is 10.1. The number of fused-ring (bicyclic) bond motifs is 1. The first-order valence-corrected chi connectivity index (χ1v) is 5.19. The van der Waals surface area contributed by atoms with Crippen molar-refractivity contribution in [2.45, 2.75) is 13.3 Å². The largest absolute Gasteiger partial charge is 0.426 e. The van der Waals surface area contributed by atoms with Gasteiger partial charge in [0.2, 0.25) is 0 Å². The number of benzene rings is 2. The van der Waals surface area contributed by atoms with Crippen molar-refractivity contribution < 1.29 is 9.53 Å². The molecule has 3 heteroatoms. The molecule has 0 radical (unpaired) electrons. The molecule has 0 spiro atoms. The summed E-state index contributed by atoms with van der Waals surface area (Å²) in [4.78, 5) is 11.2. The van der Waals surface area contributed by atoms with E-state index in [4.69, 9.17) is 10.5 Å². The molecular weight excluding hydrogens is 202 g/mol. The highest BCUT2D eigenvalue weighted by atomic mass is 16.5. The fourth-order valence-electron chi connectivity index (χ4n) is 1.56. The summed E-state index contributed by atoms with van der Waals surface area (Å²) in [5.74, 6) is 0.355. The number of nitrogen functional groups attached to an aromatic ring is 1. The quantitative estimate of drug-likeness (QED) is 0.476. The number of esters is 1. The van der Waals surface area contributed by atoms with Gasteiger partial charge in [-0.05, 0) is 29.7 Å². The topological polar surface area (TPSA) is 52.3 Å². The SMILES string of the molecule is CCC(=O)Oc1cccc2cc(N)ccc12. The lowest BCUT2D eigenvalue weighted by molar-refractivity contribution is -0.133. The van der Waals surface area contributed by atoms with Crippen LogP contribution in [0.1, 0.15) is 13.3 Å². The first-order valence-electron chi connectivity index (χ1n) is 5.19. The number of rotatable bonds is 2. The summed E-state index contributed by atoms with van der Waals surface area (Å²) in [6.07, 6.45) is 0.366. The Morgan fingerprint density at radius 2 is 2.12 bits per heavy atom. The first-order chi connectivity index (χ1) is 7.70. The minimum atomic E-state index is -0.232. The molecular formula is C13H13NO2. The molecule has 0 saturated carbocycles. The molecule has 2 aromatic rings. The number of hydrogen-bond acceptors (Lipinski definition) is 3. The summed E-state index contributed by atoms with van der Waals surface area (Å²) in [7, 11) is 0. The van der Waals surface area contributed by atoms with Crippen molar-refractivity contribution in [3.05, 3.63) is 36.4 Å². The zero-order valence-corrected chi connectivity index (χ0v) is 9.07. The summed E-state index contributed by atoms with van der Waals surface area (Å²) in [6, 6.07) is 11.1. The van der Waals surface area contributed by atoms with Crippen LogP contribution in [-0.4, -0.2) is 5.97 Å². The van der Waals surface area contributed by atoms with Crippen LogP contribution in [-0.2, 0) is 4.79 Å². The maximum absolute atomic E-state index is 11.2. The van der Waals surface area contributed by atoms with E-state index in [1.165, 1.54) is 0 Å². The highest BCUT2D eigenvalue weighted by Crippen LogP contribution is 2.27. The number of carbonyl (C=O) groups is 1. The minimum Gasteiger partial charge on any atom is -0.426 e. The van der Waals surface area contributed by atoms with E-state index in [2.05, 4.69) is 0 Å². The van der Waals surface area contributed by atoms with Crippen molar-refractivity contribution in [2.24, 2.45) is 0 Å². The van der Waals surface area contributed by atoms with Gasteiger partial charge in [0.1, 0.15) is 5.75 Å². The second-order valence-electron chi connectivity index (χ2n) is 3.56. The average molecular weight is 215 g/mol. The fraction of sp³-hybridized carbons (Fsp3) is 0.154. The van der Waals surface area contributed by atoms with Crippen molar-refractivity contribution >= 4 is 22.4 Å². The second kappa shape index (κ2) is 4.23. The summed E-state index contributed by atoms with van der Waals surface area (Å²) in [6.45, 7) is 1.77. The van der Waals surface area contributed by atoms with Crippen LogP contribution < -0.4 is 10.5 Å². The standard InChI is InChI=1S/C13H13NO2/c1-2-13(15)16-12-5-3-4-9-8-10(14)6-7-11(9)12/h3-8H,2,14H2,1H3. The lowest BCUT2D eigenvalue weighted by Crippen LogP contribution is -2.05. The number of carbonyl (C=O) groups excluding carboxylic acids is 1. The Kier molecular flexibility index (Phi) is 2.77. The summed E-state index contributed by atoms with van der Waals surface area (Å²) < 4.78 is 5.24. The maximum Gasteiger partial charge on any atom is 0.310 e. The molecule has 0 fully saturated rings. The molecule has 0 amide bonds. The lowest BCUT2D eigenvalue weighted by Gasteiger charge is -2.07. The predicted molar refractivity (Wildman–Crippen MR) is 64.3 cm³/mol. The van der Waals surface area contributed by atoms with Gasteiger partial charge in [-0.3, -0.25) is 4.79 Å². The molecule has 0 aliphatic heterocycles. The number of hydrogen-bond donors (Lipinski definition) is 1. The van der Waals surface area contributed by atoms with Crippen molar-refractivity contribution in [1.29, 1.82) is 0 Å². The van der Waals surface area contributed by atoms with Crippen LogP contribution in [0.3, 0.4) is 0 Å². The molecule has 0 aliphatic rings. The third-order valence-electron chi connectivity index (χ3n) is 2.38. The predicted octanol–water partition coefficient (Wildman–Crippen LogP) is 2.74. The molecule has 2 N–H and O–H groups in total. The summed E-state index contributed by atoms with van der Waals surface area (Å²) in [5.41, 5.74) is 6.39. The van der Waals surface area contributed by atoms with E-state index in [1.807, 2.05) is 24.3 Å². The minimum absolute atomic E-state index is 0.232. The average Bonchev–Trinajstić information content (AvgIpc) is 2.28. The van der Waals surface area contributed by atoms with Gasteiger partial charge in [0.25, 0.3) is 0 Å². The third kappa shape index (κ3) is 1.98. The Hall–Kier alpha value is -2.03. The fourth-order valence-corrected chi connectivity index (χ4v) is 1.56. The third-order valence-corrected chi connectivity index (χ3v) is 2.38. The van der Waals surface area contributed by atoms with E-state index in [1.54, 1.807) is 19.1 Å². The van der Waals surface area contributed by atoms with Crippen LogP contribution in [0.2, 0.25) is 0 Å². The Balaban J connectivity index is 2.49. The van der Waals surface area contributed by atoms with Gasteiger partial charge in [0.15, 0.2) is 0 Å². The molecule has 0 aliphatic carbocycles. The Morgan fingerprint density at radius 3 is 2.88 bits per heavy atom. The van der Waals surface area contributed by atoms with Gasteiger partial charge < -0.3 is 10.5 Å². The molecule has 2 rings (SSSR count). The Labute approximate surface area is 93.8 Å². The van der Waals surface area contributed by atoms with Crippen LogP contribution in [0.5, 0.6) is 5.75 Å². The normalized spacial score (nSPS) is 10.3. The molecule has 82 valence electrons. The Morgan fingerprint density at radius 1 is 1.31 bits per heavy atom. The van der Waals surface area contributed by atoms with E-state index < -0.39 is 0 Å². The van der Waals surface area contributed by atoms with Crippen molar-refractivity contribution in [2.75, 3.05) is 5.73 Å². The first kappa shape index (κ1) is 10.5. The van der Waals surface area contributed by atoms with Crippen LogP contribution >= 0.6 is 0 Å². The van der Waals surface area contributed by atoms with Gasteiger partial charge in [-0.15, -0.1) is 0 Å². The highest BCUT2D eigenvalue weighted by Gasteiger charge is 2.05. The zero-order valence-electron chi connectivity index (χ0n) is 9.07. The second-order valence-corrected chi connectivity index (χ2v) is 3.56. The molecule has 16 heavy (non-hydrogen) atoms. The van der Waals surface area contributed by atoms with Gasteiger partial charge in [-0.2, -0.15) is 0 Å². The molecule has 0 unspecified atom stereocenters. The van der Waals surface area contributed by atoms with Gasteiger partial charge in [-0.25, -0.2) is 0 Å². The van der Waals surface area contributed by atoms with Gasteiger partial charge in [0.05, 0.1) is 0 Å². The highest BCUT2D eigenvalue weighted by molar-refractivity contribution is 5.92. The van der Waals surface area contributed by atoms with Crippen molar-refractivity contribution in [1.82, 2.24) is 0 Å². The van der Waals surface area contributed by atoms with E-state index in [0.717, 1.165) is 10.8 Å². The van der Waals surface area contributed by atoms with E-state index >= 15 is 0 Å².